The fourth-order valence-corrected chi connectivity index (χ4v) is 1.97. The number of hydrogen-bond donors (Lipinski definition) is 2. The monoisotopic (exact) mass is 309 g/mol. The molecule has 1 amide bonds. The van der Waals surface area contributed by atoms with Crippen molar-refractivity contribution < 1.29 is 9.18 Å². The maximum Gasteiger partial charge on any atom is 0.232 e. The van der Waals surface area contributed by atoms with Gasteiger partial charge in [0, 0.05) is 6.54 Å². The summed E-state index contributed by atoms with van der Waals surface area (Å²) in [5, 5.41) is 5.93. The molecule has 0 radical (unpaired) electrons. The Kier molecular flexibility index (Phi) is 7.26. The Balaban J connectivity index is 0.00000162. The largest absolute Gasteiger partial charge is 0.316 e. The molecular weight excluding hydrogens is 292 g/mol. The highest BCUT2D eigenvalue weighted by atomic mass is 35.5. The van der Waals surface area contributed by atoms with Crippen LogP contribution in [-0.4, -0.2) is 24.0 Å². The van der Waals surface area contributed by atoms with Crippen LogP contribution in [-0.2, 0) is 4.79 Å². The highest BCUT2D eigenvalue weighted by Crippen LogP contribution is 2.26. The van der Waals surface area contributed by atoms with Crippen LogP contribution in [0.2, 0.25) is 0 Å². The van der Waals surface area contributed by atoms with Gasteiger partial charge < -0.3 is 10.6 Å². The van der Waals surface area contributed by atoms with Crippen LogP contribution >= 0.6 is 24.8 Å². The van der Waals surface area contributed by atoms with Crippen molar-refractivity contribution in [2.75, 3.05) is 18.4 Å². The van der Waals surface area contributed by atoms with E-state index in [0.29, 0.717) is 12.4 Å². The summed E-state index contributed by atoms with van der Waals surface area (Å²) < 4.78 is 12.7. The number of carbonyl (C=O) groups is 1. The first-order chi connectivity index (χ1) is 8.10. The van der Waals surface area contributed by atoms with Crippen LogP contribution in [0.25, 0.3) is 0 Å². The molecule has 0 bridgehead atoms. The smallest absolute Gasteiger partial charge is 0.232 e. The molecule has 2 heterocycles. The van der Waals surface area contributed by atoms with Crippen molar-refractivity contribution >= 4 is 36.5 Å². The molecule has 1 unspecified atom stereocenters. The van der Waals surface area contributed by atoms with E-state index in [2.05, 4.69) is 15.6 Å². The Morgan fingerprint density at radius 3 is 2.74 bits per heavy atom. The standard InChI is InChI=1S/C12H16FN3O.2ClH/c1-12(5-2-6-14-8-12)11(17)16-10-4-3-9(13)7-15-10;;/h3-4,7,14H,2,5-6,8H2,1H3,(H,15,16,17);2*1H. The van der Waals surface area contributed by atoms with Crippen LogP contribution in [0.5, 0.6) is 0 Å². The Labute approximate surface area is 124 Å². The summed E-state index contributed by atoms with van der Waals surface area (Å²) in [5.41, 5.74) is -0.408. The van der Waals surface area contributed by atoms with Crippen molar-refractivity contribution in [3.63, 3.8) is 0 Å². The van der Waals surface area contributed by atoms with E-state index in [0.717, 1.165) is 25.6 Å². The molecule has 1 aromatic rings. The maximum atomic E-state index is 12.7. The maximum absolute atomic E-state index is 12.7. The summed E-state index contributed by atoms with van der Waals surface area (Å²) in [6, 6.07) is 2.75. The summed E-state index contributed by atoms with van der Waals surface area (Å²) in [6.45, 7) is 3.55. The number of piperidine rings is 1. The van der Waals surface area contributed by atoms with Crippen molar-refractivity contribution in [2.24, 2.45) is 5.41 Å². The van der Waals surface area contributed by atoms with Crippen LogP contribution in [0.4, 0.5) is 10.2 Å². The van der Waals surface area contributed by atoms with Crippen molar-refractivity contribution in [1.29, 1.82) is 0 Å². The van der Waals surface area contributed by atoms with E-state index >= 15 is 0 Å². The van der Waals surface area contributed by atoms with Gasteiger partial charge in [0.15, 0.2) is 0 Å². The third-order valence-corrected chi connectivity index (χ3v) is 3.11. The van der Waals surface area contributed by atoms with Gasteiger partial charge in [0.05, 0.1) is 11.6 Å². The SMILES string of the molecule is CC1(C(=O)Nc2ccc(F)cn2)CCCNC1.Cl.Cl. The lowest BCUT2D eigenvalue weighted by Gasteiger charge is -2.32. The van der Waals surface area contributed by atoms with E-state index in [9.17, 15) is 9.18 Å². The zero-order valence-electron chi connectivity index (χ0n) is 10.6. The number of carbonyl (C=O) groups excluding carboxylic acids is 1. The Morgan fingerprint density at radius 1 is 1.47 bits per heavy atom. The number of amides is 1. The molecule has 0 aliphatic carbocycles. The van der Waals surface area contributed by atoms with Crippen molar-refractivity contribution in [3.8, 4) is 0 Å². The molecule has 1 saturated heterocycles. The third-order valence-electron chi connectivity index (χ3n) is 3.11. The minimum Gasteiger partial charge on any atom is -0.316 e. The van der Waals surface area contributed by atoms with Crippen LogP contribution in [0.15, 0.2) is 18.3 Å². The van der Waals surface area contributed by atoms with E-state index < -0.39 is 11.2 Å². The first-order valence-corrected chi connectivity index (χ1v) is 5.74. The lowest BCUT2D eigenvalue weighted by Crippen LogP contribution is -2.46. The number of nitrogens with one attached hydrogen (secondary N) is 2. The Bertz CT molecular complexity index is 408. The van der Waals surface area contributed by atoms with Crippen molar-refractivity contribution in [3.05, 3.63) is 24.1 Å². The minimum atomic E-state index is -0.409. The van der Waals surface area contributed by atoms with Gasteiger partial charge in [-0.05, 0) is 38.4 Å². The molecule has 2 N–H and O–H groups in total. The van der Waals surface area contributed by atoms with Gasteiger partial charge in [-0.2, -0.15) is 0 Å². The first-order valence-electron chi connectivity index (χ1n) is 5.74. The predicted molar refractivity (Wildman–Crippen MR) is 77.5 cm³/mol. The number of pyridine rings is 1. The molecule has 0 spiro atoms. The molecule has 1 aliphatic heterocycles. The molecule has 19 heavy (non-hydrogen) atoms. The van der Waals surface area contributed by atoms with E-state index in [1.807, 2.05) is 6.92 Å². The summed E-state index contributed by atoms with van der Waals surface area (Å²) in [5.74, 6) is -0.0828. The molecule has 0 saturated carbocycles. The average Bonchev–Trinajstić information content (AvgIpc) is 2.33. The molecule has 2 rings (SSSR count). The third kappa shape index (κ3) is 4.60. The lowest BCUT2D eigenvalue weighted by atomic mass is 9.82. The summed E-state index contributed by atoms with van der Waals surface area (Å²) >= 11 is 0. The highest BCUT2D eigenvalue weighted by molar-refractivity contribution is 5.94. The second-order valence-corrected chi connectivity index (χ2v) is 4.66. The normalized spacial score (nSPS) is 21.8. The van der Waals surface area contributed by atoms with Crippen LogP contribution in [0.3, 0.4) is 0 Å². The van der Waals surface area contributed by atoms with Gasteiger partial charge >= 0.3 is 0 Å². The van der Waals surface area contributed by atoms with E-state index in [-0.39, 0.29) is 30.7 Å². The molecule has 7 heteroatoms. The average molecular weight is 310 g/mol. The van der Waals surface area contributed by atoms with Gasteiger partial charge in [-0.15, -0.1) is 24.8 Å². The van der Waals surface area contributed by atoms with E-state index in [1.165, 1.54) is 12.1 Å². The summed E-state index contributed by atoms with van der Waals surface area (Å²) in [7, 11) is 0. The molecule has 108 valence electrons. The van der Waals surface area contributed by atoms with E-state index in [1.54, 1.807) is 0 Å². The molecule has 0 aromatic carbocycles. The number of hydrogen-bond acceptors (Lipinski definition) is 3. The Hall–Kier alpha value is -0.910. The Morgan fingerprint density at radius 2 is 2.21 bits per heavy atom. The predicted octanol–water partition coefficient (Wildman–Crippen LogP) is 2.39. The van der Waals surface area contributed by atoms with Gasteiger partial charge in [-0.1, -0.05) is 0 Å². The van der Waals surface area contributed by atoms with Crippen LogP contribution in [0, 0.1) is 11.2 Å². The highest BCUT2D eigenvalue weighted by Gasteiger charge is 2.34. The van der Waals surface area contributed by atoms with Gasteiger partial charge in [0.2, 0.25) is 5.91 Å². The van der Waals surface area contributed by atoms with Crippen molar-refractivity contribution in [2.45, 2.75) is 19.8 Å². The van der Waals surface area contributed by atoms with Gasteiger partial charge in [0.25, 0.3) is 0 Å². The number of rotatable bonds is 2. The molecule has 1 fully saturated rings. The fourth-order valence-electron chi connectivity index (χ4n) is 1.97. The minimum absolute atomic E-state index is 0. The molecule has 1 atom stereocenters. The fraction of sp³-hybridized carbons (Fsp3) is 0.500. The second-order valence-electron chi connectivity index (χ2n) is 4.66. The number of aromatic nitrogens is 1. The number of halogens is 3. The topological polar surface area (TPSA) is 54.0 Å². The van der Waals surface area contributed by atoms with Crippen LogP contribution < -0.4 is 10.6 Å². The van der Waals surface area contributed by atoms with E-state index in [4.69, 9.17) is 0 Å². The van der Waals surface area contributed by atoms with Gasteiger partial charge in [-0.25, -0.2) is 9.37 Å². The zero-order chi connectivity index (χ0) is 12.3. The molecule has 4 nitrogen and oxygen atoms in total. The lowest BCUT2D eigenvalue weighted by molar-refractivity contribution is -0.125. The molecule has 1 aliphatic rings. The van der Waals surface area contributed by atoms with Crippen LogP contribution in [0.1, 0.15) is 19.8 Å². The summed E-state index contributed by atoms with van der Waals surface area (Å²) in [6.07, 6.45) is 2.94. The quantitative estimate of drug-likeness (QED) is 0.882. The molecular formula is C12H18Cl2FN3O. The van der Waals surface area contributed by atoms with Gasteiger partial charge in [0.1, 0.15) is 11.6 Å². The summed E-state index contributed by atoms with van der Waals surface area (Å²) in [4.78, 5) is 15.9. The van der Waals surface area contributed by atoms with Gasteiger partial charge in [-0.3, -0.25) is 4.79 Å². The molecule has 1 aromatic heterocycles. The second kappa shape index (κ2) is 7.62. The number of nitrogens with zero attached hydrogens (tertiary/aromatic N) is 1. The van der Waals surface area contributed by atoms with Crippen molar-refractivity contribution in [1.82, 2.24) is 10.3 Å². The number of anilines is 1. The first kappa shape index (κ1) is 18.1. The zero-order valence-corrected chi connectivity index (χ0v) is 12.2.